The van der Waals surface area contributed by atoms with Gasteiger partial charge in [-0.2, -0.15) is 0 Å². The van der Waals surface area contributed by atoms with Gasteiger partial charge < -0.3 is 5.11 Å². The van der Waals surface area contributed by atoms with E-state index in [2.05, 4.69) is 46.8 Å². The molecule has 2 rings (SSSR count). The van der Waals surface area contributed by atoms with Crippen molar-refractivity contribution in [1.82, 2.24) is 0 Å². The Morgan fingerprint density at radius 2 is 1.53 bits per heavy atom. The molecule has 106 valence electrons. The maximum absolute atomic E-state index is 10.0. The Labute approximate surface area is 118 Å². The zero-order valence-electron chi connectivity index (χ0n) is 13.3. The van der Waals surface area contributed by atoms with Crippen LogP contribution in [-0.4, -0.2) is 5.11 Å². The van der Waals surface area contributed by atoms with Crippen LogP contribution in [0.15, 0.2) is 12.1 Å². The van der Waals surface area contributed by atoms with E-state index in [-0.39, 0.29) is 16.9 Å². The first-order valence-electron chi connectivity index (χ1n) is 7.55. The number of aliphatic hydroxyl groups excluding tert-OH is 1. The molecule has 0 heterocycles. The van der Waals surface area contributed by atoms with E-state index in [1.807, 2.05) is 6.92 Å². The lowest BCUT2D eigenvalue weighted by atomic mass is 9.62. The maximum Gasteiger partial charge on any atom is 0.0764 e. The third-order valence-corrected chi connectivity index (χ3v) is 4.94. The van der Waals surface area contributed by atoms with Crippen LogP contribution < -0.4 is 0 Å². The van der Waals surface area contributed by atoms with Crippen molar-refractivity contribution in [3.8, 4) is 0 Å². The normalized spacial score (nSPS) is 21.8. The molecule has 1 nitrogen and oxygen atoms in total. The van der Waals surface area contributed by atoms with E-state index in [1.54, 1.807) is 0 Å². The molecular formula is C18H28O. The average Bonchev–Trinajstić information content (AvgIpc) is 2.33. The van der Waals surface area contributed by atoms with Crippen LogP contribution in [0.5, 0.6) is 0 Å². The molecule has 19 heavy (non-hydrogen) atoms. The van der Waals surface area contributed by atoms with Crippen molar-refractivity contribution in [2.75, 3.05) is 0 Å². The molecule has 1 aliphatic rings. The number of hydrogen-bond acceptors (Lipinski definition) is 1. The minimum atomic E-state index is -0.374. The zero-order chi connectivity index (χ0) is 14.4. The SMILES string of the molecule is CCc1cc2c(cc1C(C)O)C(C)(C)CCC2(C)C. The van der Waals surface area contributed by atoms with Crippen molar-refractivity contribution in [1.29, 1.82) is 0 Å². The van der Waals surface area contributed by atoms with Crippen molar-refractivity contribution < 1.29 is 5.11 Å². The number of aliphatic hydroxyl groups is 1. The van der Waals surface area contributed by atoms with Crippen LogP contribution in [0.2, 0.25) is 0 Å². The Bertz CT molecular complexity index is 481. The summed E-state index contributed by atoms with van der Waals surface area (Å²) in [7, 11) is 0. The molecule has 0 saturated heterocycles. The topological polar surface area (TPSA) is 20.2 Å². The number of benzene rings is 1. The van der Waals surface area contributed by atoms with Gasteiger partial charge in [-0.25, -0.2) is 0 Å². The first-order valence-corrected chi connectivity index (χ1v) is 7.55. The van der Waals surface area contributed by atoms with Gasteiger partial charge in [-0.3, -0.25) is 0 Å². The Kier molecular flexibility index (Phi) is 3.55. The predicted octanol–water partition coefficient (Wildman–Crippen LogP) is 4.65. The Morgan fingerprint density at radius 1 is 1.05 bits per heavy atom. The Balaban J connectivity index is 2.70. The van der Waals surface area contributed by atoms with Crippen LogP contribution in [0.3, 0.4) is 0 Å². The van der Waals surface area contributed by atoms with Crippen LogP contribution >= 0.6 is 0 Å². The summed E-state index contributed by atoms with van der Waals surface area (Å²) < 4.78 is 0. The monoisotopic (exact) mass is 260 g/mol. The van der Waals surface area contributed by atoms with Crippen molar-refractivity contribution in [3.63, 3.8) is 0 Å². The molecule has 0 saturated carbocycles. The van der Waals surface area contributed by atoms with Gasteiger partial charge in [0, 0.05) is 0 Å². The summed E-state index contributed by atoms with van der Waals surface area (Å²) in [6.07, 6.45) is 3.08. The molecule has 1 N–H and O–H groups in total. The van der Waals surface area contributed by atoms with Gasteiger partial charge in [0.05, 0.1) is 6.10 Å². The first-order chi connectivity index (χ1) is 8.69. The molecule has 0 aromatic heterocycles. The molecule has 1 atom stereocenters. The summed E-state index contributed by atoms with van der Waals surface area (Å²) in [5.74, 6) is 0. The molecule has 1 aromatic carbocycles. The molecule has 0 fully saturated rings. The van der Waals surface area contributed by atoms with E-state index >= 15 is 0 Å². The highest BCUT2D eigenvalue weighted by atomic mass is 16.3. The molecule has 1 heteroatoms. The number of aryl methyl sites for hydroxylation is 1. The number of fused-ring (bicyclic) bond motifs is 1. The van der Waals surface area contributed by atoms with Gasteiger partial charge in [-0.1, -0.05) is 46.8 Å². The van der Waals surface area contributed by atoms with E-state index in [0.717, 1.165) is 12.0 Å². The minimum absolute atomic E-state index is 0.223. The molecule has 1 aliphatic carbocycles. The molecule has 0 amide bonds. The van der Waals surface area contributed by atoms with Gasteiger partial charge in [-0.05, 0) is 59.3 Å². The van der Waals surface area contributed by atoms with Crippen molar-refractivity contribution >= 4 is 0 Å². The summed E-state index contributed by atoms with van der Waals surface area (Å²) >= 11 is 0. The van der Waals surface area contributed by atoms with E-state index in [9.17, 15) is 5.11 Å². The summed E-state index contributed by atoms with van der Waals surface area (Å²) in [4.78, 5) is 0. The molecule has 1 aromatic rings. The fourth-order valence-corrected chi connectivity index (χ4v) is 3.37. The molecular weight excluding hydrogens is 232 g/mol. The molecule has 1 unspecified atom stereocenters. The highest BCUT2D eigenvalue weighted by molar-refractivity contribution is 5.47. The van der Waals surface area contributed by atoms with E-state index in [1.165, 1.54) is 29.5 Å². The third kappa shape index (κ3) is 2.45. The van der Waals surface area contributed by atoms with Gasteiger partial charge in [0.15, 0.2) is 0 Å². The van der Waals surface area contributed by atoms with Gasteiger partial charge in [0.25, 0.3) is 0 Å². The summed E-state index contributed by atoms with van der Waals surface area (Å²) in [5, 5.41) is 10.0. The standard InChI is InChI=1S/C18H28O/c1-7-13-10-15-16(11-14(13)12(2)19)18(5,6)9-8-17(15,3)4/h10-12,19H,7-9H2,1-6H3. The van der Waals surface area contributed by atoms with Crippen LogP contribution in [0.25, 0.3) is 0 Å². The second kappa shape index (κ2) is 4.63. The zero-order valence-corrected chi connectivity index (χ0v) is 13.3. The second-order valence-corrected chi connectivity index (χ2v) is 7.39. The van der Waals surface area contributed by atoms with E-state index in [0.29, 0.717) is 0 Å². The lowest BCUT2D eigenvalue weighted by Crippen LogP contribution is -2.34. The fraction of sp³-hybridized carbons (Fsp3) is 0.667. The third-order valence-electron chi connectivity index (χ3n) is 4.94. The number of rotatable bonds is 2. The first kappa shape index (κ1) is 14.6. The van der Waals surface area contributed by atoms with E-state index < -0.39 is 0 Å². The van der Waals surface area contributed by atoms with E-state index in [4.69, 9.17) is 0 Å². The Hall–Kier alpha value is -0.820. The van der Waals surface area contributed by atoms with Gasteiger partial charge >= 0.3 is 0 Å². The average molecular weight is 260 g/mol. The largest absolute Gasteiger partial charge is 0.389 e. The van der Waals surface area contributed by atoms with Crippen LogP contribution in [-0.2, 0) is 17.3 Å². The van der Waals surface area contributed by atoms with Crippen molar-refractivity contribution in [2.45, 2.75) is 77.7 Å². The summed E-state index contributed by atoms with van der Waals surface area (Å²) in [6, 6.07) is 4.64. The maximum atomic E-state index is 10.0. The highest BCUT2D eigenvalue weighted by Crippen LogP contribution is 2.47. The van der Waals surface area contributed by atoms with Crippen LogP contribution in [0.1, 0.15) is 82.7 Å². The molecule has 0 aliphatic heterocycles. The minimum Gasteiger partial charge on any atom is -0.389 e. The quantitative estimate of drug-likeness (QED) is 0.820. The smallest absolute Gasteiger partial charge is 0.0764 e. The summed E-state index contributed by atoms with van der Waals surface area (Å²) in [5.41, 5.74) is 5.83. The van der Waals surface area contributed by atoms with Crippen LogP contribution in [0.4, 0.5) is 0 Å². The predicted molar refractivity (Wildman–Crippen MR) is 81.7 cm³/mol. The molecule has 0 bridgehead atoms. The molecule has 0 radical (unpaired) electrons. The number of hydrogen-bond donors (Lipinski definition) is 1. The Morgan fingerprint density at radius 3 is 1.95 bits per heavy atom. The highest BCUT2D eigenvalue weighted by Gasteiger charge is 2.37. The van der Waals surface area contributed by atoms with Gasteiger partial charge in [0.1, 0.15) is 0 Å². The van der Waals surface area contributed by atoms with Crippen molar-refractivity contribution in [3.05, 3.63) is 34.4 Å². The summed E-state index contributed by atoms with van der Waals surface area (Å²) in [6.45, 7) is 13.4. The fourth-order valence-electron chi connectivity index (χ4n) is 3.37. The van der Waals surface area contributed by atoms with Gasteiger partial charge in [-0.15, -0.1) is 0 Å². The van der Waals surface area contributed by atoms with Crippen LogP contribution in [0, 0.1) is 0 Å². The lowest BCUT2D eigenvalue weighted by molar-refractivity contribution is 0.197. The lowest BCUT2D eigenvalue weighted by Gasteiger charge is -2.42. The van der Waals surface area contributed by atoms with Crippen molar-refractivity contribution in [2.24, 2.45) is 0 Å². The van der Waals surface area contributed by atoms with Gasteiger partial charge in [0.2, 0.25) is 0 Å². The second-order valence-electron chi connectivity index (χ2n) is 7.39. The molecule has 0 spiro atoms.